The van der Waals surface area contributed by atoms with E-state index in [2.05, 4.69) is 34.4 Å². The zero-order valence-corrected chi connectivity index (χ0v) is 45.6. The molecule has 0 saturated carbocycles. The van der Waals surface area contributed by atoms with Crippen LogP contribution in [0, 0.1) is 5.41 Å². The van der Waals surface area contributed by atoms with Gasteiger partial charge in [-0.1, -0.05) is 89.5 Å². The van der Waals surface area contributed by atoms with E-state index >= 15 is 0 Å². The van der Waals surface area contributed by atoms with Crippen LogP contribution in [0.2, 0.25) is 0 Å². The number of nitrogens with two attached hydrogens (primary N) is 1. The van der Waals surface area contributed by atoms with E-state index in [1.54, 1.807) is 6.92 Å². The van der Waals surface area contributed by atoms with Crippen LogP contribution in [0.3, 0.4) is 0 Å². The number of nitrogens with zero attached hydrogens (tertiary/aromatic N) is 4. The number of aliphatic hydroxyl groups excluding tert-OH is 4. The number of aromatic nitrogens is 4. The summed E-state index contributed by atoms with van der Waals surface area (Å²) < 4.78 is 73.7. The number of phosphoric ester groups is 3. The zero-order valence-electron chi connectivity index (χ0n) is 42.1. The van der Waals surface area contributed by atoms with Gasteiger partial charge in [0.15, 0.2) is 24.0 Å². The van der Waals surface area contributed by atoms with Crippen molar-refractivity contribution >= 4 is 69.1 Å². The molecule has 32 heteroatoms. The van der Waals surface area contributed by atoms with E-state index in [1.165, 1.54) is 52.0 Å². The summed E-state index contributed by atoms with van der Waals surface area (Å²) in [7, 11) is -16.4. The summed E-state index contributed by atoms with van der Waals surface area (Å²) in [6, 6.07) is 0. The maximum Gasteiger partial charge on any atom is 0.481 e. The molecule has 2 amide bonds. The summed E-state index contributed by atoms with van der Waals surface area (Å²) in [6.45, 7) is 2.75. The first-order chi connectivity index (χ1) is 35.3. The van der Waals surface area contributed by atoms with Gasteiger partial charge in [-0.3, -0.25) is 32.5 Å². The molecule has 75 heavy (non-hydrogen) atoms. The Balaban J connectivity index is 1.01. The van der Waals surface area contributed by atoms with Gasteiger partial charge in [0.1, 0.15) is 42.4 Å². The monoisotopic (exact) mass is 1150 g/mol. The number of imidazole rings is 1. The quantitative estimate of drug-likeness (QED) is 0.0268. The molecule has 2 saturated heterocycles. The lowest BCUT2D eigenvalue weighted by atomic mass is 9.87. The highest BCUT2D eigenvalue weighted by molar-refractivity contribution is 8.14. The molecule has 11 atom stereocenters. The first kappa shape index (κ1) is 64.7. The Labute approximate surface area is 438 Å². The molecule has 28 nitrogen and oxygen atoms in total. The Morgan fingerprint density at radius 2 is 1.53 bits per heavy atom. The largest absolute Gasteiger partial charge is 0.481 e. The molecule has 428 valence electrons. The van der Waals surface area contributed by atoms with Crippen molar-refractivity contribution in [2.45, 2.75) is 166 Å². The van der Waals surface area contributed by atoms with Crippen LogP contribution in [0.5, 0.6) is 0 Å². The predicted molar refractivity (Wildman–Crippen MR) is 269 cm³/mol. The van der Waals surface area contributed by atoms with Crippen LogP contribution < -0.4 is 16.4 Å². The molecule has 2 fully saturated rings. The van der Waals surface area contributed by atoms with Crippen LogP contribution in [0.1, 0.15) is 117 Å². The van der Waals surface area contributed by atoms with Crippen molar-refractivity contribution in [3.8, 4) is 0 Å². The van der Waals surface area contributed by atoms with Crippen LogP contribution in [0.4, 0.5) is 5.82 Å². The molecule has 2 aliphatic heterocycles. The molecule has 2 aromatic heterocycles. The van der Waals surface area contributed by atoms with E-state index in [4.69, 9.17) is 29.0 Å². The van der Waals surface area contributed by atoms with Crippen LogP contribution >= 0.6 is 35.2 Å². The molecule has 0 bridgehead atoms. The Hall–Kier alpha value is -2.86. The average molecular weight is 1150 g/mol. The van der Waals surface area contributed by atoms with Crippen molar-refractivity contribution in [1.29, 1.82) is 0 Å². The maximum atomic E-state index is 12.8. The van der Waals surface area contributed by atoms with Gasteiger partial charge < -0.3 is 70.6 Å². The lowest BCUT2D eigenvalue weighted by Gasteiger charge is -2.35. The number of hydrogen-bond donors (Lipinski definition) is 11. The van der Waals surface area contributed by atoms with Crippen LogP contribution in [-0.2, 0) is 60.2 Å². The fourth-order valence-electron chi connectivity index (χ4n) is 7.76. The molecular formula is C43H74N7O21P3S. The molecule has 4 rings (SSSR count). The Bertz CT molecular complexity index is 2300. The van der Waals surface area contributed by atoms with Gasteiger partial charge in [-0.05, 0) is 32.3 Å². The van der Waals surface area contributed by atoms with Crippen LogP contribution in [0.25, 0.3) is 11.2 Å². The molecule has 0 aliphatic carbocycles. The predicted octanol–water partition coefficient (Wildman–Crippen LogP) is 2.78. The number of thioether (sulfide) groups is 1. The Morgan fingerprint density at radius 1 is 0.893 bits per heavy atom. The highest BCUT2D eigenvalue weighted by Gasteiger charge is 2.50. The molecule has 2 unspecified atom stereocenters. The summed E-state index contributed by atoms with van der Waals surface area (Å²) in [5, 5.41) is 46.2. The van der Waals surface area contributed by atoms with Crippen LogP contribution in [-0.4, -0.2) is 164 Å². The second-order valence-corrected chi connectivity index (χ2v) is 24.1. The number of carbonyl (C=O) groups is 3. The number of anilines is 1. The highest BCUT2D eigenvalue weighted by Crippen LogP contribution is 2.61. The first-order valence-corrected chi connectivity index (χ1v) is 30.2. The lowest BCUT2D eigenvalue weighted by molar-refractivity contribution is -0.261. The lowest BCUT2D eigenvalue weighted by Crippen LogP contribution is -2.47. The third-order valence-electron chi connectivity index (χ3n) is 12.0. The number of allylic oxidation sites excluding steroid dienone is 1. The summed E-state index contributed by atoms with van der Waals surface area (Å²) in [6.07, 6.45) is 7.24. The molecule has 12 N–H and O–H groups in total. The number of unbranched alkanes of at least 4 members (excludes halogenated alkanes) is 11. The number of fused-ring (bicyclic) bond motifs is 1. The summed E-state index contributed by atoms with van der Waals surface area (Å²) in [4.78, 5) is 88.5. The number of phosphoric acid groups is 3. The number of ether oxygens (including phenoxy) is 3. The third-order valence-corrected chi connectivity index (χ3v) is 15.9. The smallest absolute Gasteiger partial charge is 0.390 e. The van der Waals surface area contributed by atoms with E-state index in [0.717, 1.165) is 73.9 Å². The van der Waals surface area contributed by atoms with Crippen molar-refractivity contribution in [1.82, 2.24) is 30.2 Å². The molecule has 2 aliphatic rings. The molecule has 0 spiro atoms. The summed E-state index contributed by atoms with van der Waals surface area (Å²) >= 11 is 1.05. The molecule has 0 radical (unpaired) electrons. The minimum absolute atomic E-state index is 0.0265. The molecule has 4 heterocycles. The molecule has 2 aromatic rings. The van der Waals surface area contributed by atoms with Gasteiger partial charge in [0, 0.05) is 43.7 Å². The van der Waals surface area contributed by atoms with Crippen LogP contribution in [0.15, 0.2) is 24.8 Å². The van der Waals surface area contributed by atoms with Crippen molar-refractivity contribution in [2.75, 3.05) is 44.4 Å². The van der Waals surface area contributed by atoms with Gasteiger partial charge in [-0.25, -0.2) is 28.6 Å². The second kappa shape index (κ2) is 31.1. The van der Waals surface area contributed by atoms with E-state index in [1.807, 2.05) is 6.08 Å². The van der Waals surface area contributed by atoms with Gasteiger partial charge >= 0.3 is 23.5 Å². The van der Waals surface area contributed by atoms with Gasteiger partial charge in [0.05, 0.1) is 31.7 Å². The number of hydrogen-bond acceptors (Lipinski definition) is 22. The standard InChI is InChI=1S/C43H74N7O21P3S/c1-28-29(51)23-30(52)42(68-28)65-21-16-14-12-10-8-6-4-5-7-9-11-13-15-17-33(54)75-22-20-45-32(53)18-19-46-40(57)37(56)43(2,3)25-67-74(63,64)71-73(61,62)66-24-31-36(70-72(58,59)60)35(55)41(69-31)50-27-49-34-38(44)47-26-48-39(34)50/h15,17,26-31,35-37,41-42,51-52,55-56H,4-14,16,18-25H2,1-3H3,(H,45,53)(H,46,57)(H,61,62)(H,63,64)(H2,44,47,48)(H2,58,59,60)/b17-15+/t28-,29+,30+,31+,35+,36+,37-,41+,42+/m0/s1. The van der Waals surface area contributed by atoms with Crippen molar-refractivity contribution in [3.63, 3.8) is 0 Å². The normalized spacial score (nSPS) is 24.5. The number of rotatable bonds is 35. The average Bonchev–Trinajstić information content (AvgIpc) is 3.89. The summed E-state index contributed by atoms with van der Waals surface area (Å²) in [5.41, 5.74) is 4.26. The minimum Gasteiger partial charge on any atom is -0.390 e. The maximum absolute atomic E-state index is 12.8. The number of aliphatic hydroxyl groups is 4. The Kier molecular flexibility index (Phi) is 26.8. The number of nitrogens with one attached hydrogen (secondary N) is 2. The molecule has 0 aromatic carbocycles. The minimum atomic E-state index is -5.59. The van der Waals surface area contributed by atoms with Gasteiger partial charge in [-0.2, -0.15) is 4.31 Å². The zero-order chi connectivity index (χ0) is 55.4. The number of amides is 2. The van der Waals surface area contributed by atoms with E-state index in [0.29, 0.717) is 12.4 Å². The second-order valence-electron chi connectivity index (χ2n) is 18.8. The third kappa shape index (κ3) is 22.8. The molecular weight excluding hydrogens is 1080 g/mol. The summed E-state index contributed by atoms with van der Waals surface area (Å²) in [5.74, 6) is -1.16. The van der Waals surface area contributed by atoms with Gasteiger partial charge in [0.2, 0.25) is 16.9 Å². The topological polar surface area (TPSA) is 423 Å². The first-order valence-electron chi connectivity index (χ1n) is 24.6. The number of nitrogen functional groups attached to an aromatic ring is 1. The number of carbonyl (C=O) groups excluding carboxylic acids is 3. The van der Waals surface area contributed by atoms with Crippen molar-refractivity contribution < 1.29 is 100 Å². The fraction of sp³-hybridized carbons (Fsp3) is 0.767. The van der Waals surface area contributed by atoms with Crippen molar-refractivity contribution in [2.24, 2.45) is 5.41 Å². The van der Waals surface area contributed by atoms with E-state index in [-0.39, 0.29) is 54.1 Å². The fourth-order valence-corrected chi connectivity index (χ4v) is 11.2. The SMILES string of the molecule is C[C@@H]1O[C@@H](OCCCCCCCCCCCCC/C=C/C(=O)SCCNC(=O)CCNC(=O)[C@H](O)C(C)(C)COP(=O)(O)OP(=O)(O)OC[C@H]2O[C@@H](n3cnc4c(N)ncnc43)[C@H](O)[C@@H]2OP(=O)(O)O)[C@H](O)C[C@H]1O. The highest BCUT2D eigenvalue weighted by atomic mass is 32.2. The van der Waals surface area contributed by atoms with Gasteiger partial charge in [0.25, 0.3) is 0 Å². The van der Waals surface area contributed by atoms with E-state index < -0.39 is 103 Å². The van der Waals surface area contributed by atoms with Crippen molar-refractivity contribution in [3.05, 3.63) is 24.8 Å². The van der Waals surface area contributed by atoms with E-state index in [9.17, 15) is 68.1 Å². The van der Waals surface area contributed by atoms with Gasteiger partial charge in [-0.15, -0.1) is 0 Å². The Morgan fingerprint density at radius 3 is 2.20 bits per heavy atom.